The van der Waals surface area contributed by atoms with Crippen molar-refractivity contribution in [3.63, 3.8) is 0 Å². The second kappa shape index (κ2) is 4.44. The van der Waals surface area contributed by atoms with Crippen molar-refractivity contribution in [3.8, 4) is 11.5 Å². The van der Waals surface area contributed by atoms with Crippen LogP contribution in [0.5, 0.6) is 11.5 Å². The Bertz CT molecular complexity index is 722. The lowest BCUT2D eigenvalue weighted by molar-refractivity contribution is -0.286. The maximum Gasteiger partial charge on any atom is 0.586 e. The van der Waals surface area contributed by atoms with Crippen LogP contribution in [0, 0.1) is 13.8 Å². The third-order valence-corrected chi connectivity index (χ3v) is 2.96. The van der Waals surface area contributed by atoms with Gasteiger partial charge in [0.05, 0.1) is 0 Å². The van der Waals surface area contributed by atoms with Crippen LogP contribution in [0.15, 0.2) is 18.2 Å². The molecule has 0 radical (unpaired) electrons. The van der Waals surface area contributed by atoms with Gasteiger partial charge in [-0.15, -0.1) is 8.78 Å². The Morgan fingerprint density at radius 3 is 2.62 bits per heavy atom. The first-order chi connectivity index (χ1) is 9.84. The Morgan fingerprint density at radius 1 is 1.14 bits per heavy atom. The van der Waals surface area contributed by atoms with Crippen molar-refractivity contribution in [2.45, 2.75) is 20.1 Å². The van der Waals surface area contributed by atoms with E-state index in [9.17, 15) is 8.78 Å². The lowest BCUT2D eigenvalue weighted by Crippen LogP contribution is -2.25. The average Bonchev–Trinajstić information content (AvgIpc) is 2.68. The number of aromatic nitrogens is 2. The Morgan fingerprint density at radius 2 is 1.86 bits per heavy atom. The summed E-state index contributed by atoms with van der Waals surface area (Å²) < 4.78 is 34.7. The molecule has 0 fully saturated rings. The van der Waals surface area contributed by atoms with Crippen molar-refractivity contribution in [3.05, 3.63) is 29.6 Å². The highest BCUT2D eigenvalue weighted by molar-refractivity contribution is 5.66. The summed E-state index contributed by atoms with van der Waals surface area (Å²) in [7, 11) is 0. The van der Waals surface area contributed by atoms with Crippen LogP contribution in [0.3, 0.4) is 0 Å². The summed E-state index contributed by atoms with van der Waals surface area (Å²) in [5, 5.41) is 3.00. The van der Waals surface area contributed by atoms with E-state index in [1.807, 2.05) is 0 Å². The second-order valence-electron chi connectivity index (χ2n) is 4.58. The van der Waals surface area contributed by atoms with Crippen molar-refractivity contribution in [1.82, 2.24) is 9.97 Å². The molecule has 0 saturated heterocycles. The van der Waals surface area contributed by atoms with Crippen LogP contribution in [-0.2, 0) is 0 Å². The molecule has 0 unspecified atom stereocenters. The van der Waals surface area contributed by atoms with Crippen molar-refractivity contribution in [1.29, 1.82) is 0 Å². The van der Waals surface area contributed by atoms with Crippen LogP contribution in [0.1, 0.15) is 11.4 Å². The number of nitrogens with one attached hydrogen (secondary N) is 1. The Labute approximate surface area is 118 Å². The first kappa shape index (κ1) is 13.3. The van der Waals surface area contributed by atoms with Gasteiger partial charge < -0.3 is 20.5 Å². The number of rotatable bonds is 2. The number of aryl methyl sites for hydroxylation is 1. The molecule has 0 amide bonds. The molecule has 3 N–H and O–H groups in total. The Balaban J connectivity index is 1.91. The molecular formula is C13H12F2N4O2. The lowest BCUT2D eigenvalue weighted by atomic mass is 10.2. The van der Waals surface area contributed by atoms with Crippen LogP contribution in [0.2, 0.25) is 0 Å². The van der Waals surface area contributed by atoms with E-state index in [0.717, 1.165) is 0 Å². The van der Waals surface area contributed by atoms with E-state index in [1.54, 1.807) is 19.9 Å². The number of anilines is 3. The number of fused-ring (bicyclic) bond motifs is 1. The van der Waals surface area contributed by atoms with Gasteiger partial charge >= 0.3 is 6.29 Å². The highest BCUT2D eigenvalue weighted by Gasteiger charge is 2.43. The van der Waals surface area contributed by atoms with E-state index in [0.29, 0.717) is 28.7 Å². The molecule has 3 rings (SSSR count). The standard InChI is InChI=1S/C13H12F2N4O2/c1-6-11(16)17-7(2)18-12(6)19-8-3-4-9-10(5-8)21-13(14,15)20-9/h3-5H,1-2H3,(H3,16,17,18,19). The predicted octanol–water partition coefficient (Wildman–Crippen LogP) is 2.74. The molecule has 0 saturated carbocycles. The average molecular weight is 294 g/mol. The molecule has 1 aromatic carbocycles. The number of nitrogen functional groups attached to an aromatic ring is 1. The highest BCUT2D eigenvalue weighted by atomic mass is 19.3. The van der Waals surface area contributed by atoms with Gasteiger partial charge in [0.2, 0.25) is 0 Å². The molecule has 2 heterocycles. The molecule has 0 atom stereocenters. The fourth-order valence-electron chi connectivity index (χ4n) is 1.94. The summed E-state index contributed by atoms with van der Waals surface area (Å²) in [6, 6.07) is 4.38. The van der Waals surface area contributed by atoms with Gasteiger partial charge in [0.15, 0.2) is 11.5 Å². The fraction of sp³-hybridized carbons (Fsp3) is 0.231. The highest BCUT2D eigenvalue weighted by Crippen LogP contribution is 2.42. The molecular weight excluding hydrogens is 282 g/mol. The summed E-state index contributed by atoms with van der Waals surface area (Å²) in [5.74, 6) is 1.32. The lowest BCUT2D eigenvalue weighted by Gasteiger charge is -2.11. The topological polar surface area (TPSA) is 82.3 Å². The number of halogens is 2. The Kier molecular flexibility index (Phi) is 2.82. The van der Waals surface area contributed by atoms with Gasteiger partial charge in [0.1, 0.15) is 17.5 Å². The summed E-state index contributed by atoms with van der Waals surface area (Å²) in [4.78, 5) is 8.26. The maximum atomic E-state index is 13.0. The van der Waals surface area contributed by atoms with E-state index in [1.165, 1.54) is 12.1 Å². The van der Waals surface area contributed by atoms with E-state index in [-0.39, 0.29) is 11.5 Å². The Hall–Kier alpha value is -2.64. The number of nitrogens with zero attached hydrogens (tertiary/aromatic N) is 2. The summed E-state index contributed by atoms with van der Waals surface area (Å²) in [6.07, 6.45) is -3.63. The first-order valence-corrected chi connectivity index (χ1v) is 6.12. The first-order valence-electron chi connectivity index (χ1n) is 6.12. The van der Waals surface area contributed by atoms with Gasteiger partial charge in [-0.1, -0.05) is 0 Å². The molecule has 1 aliphatic heterocycles. The van der Waals surface area contributed by atoms with E-state index >= 15 is 0 Å². The van der Waals surface area contributed by atoms with E-state index in [2.05, 4.69) is 24.8 Å². The van der Waals surface area contributed by atoms with Gasteiger partial charge in [-0.25, -0.2) is 9.97 Å². The SMILES string of the molecule is Cc1nc(N)c(C)c(Nc2ccc3c(c2)OC(F)(F)O3)n1. The fourth-order valence-corrected chi connectivity index (χ4v) is 1.94. The molecule has 0 aliphatic carbocycles. The number of ether oxygens (including phenoxy) is 2. The van der Waals surface area contributed by atoms with E-state index < -0.39 is 6.29 Å². The van der Waals surface area contributed by atoms with Crippen LogP contribution in [0.4, 0.5) is 26.1 Å². The predicted molar refractivity (Wildman–Crippen MR) is 71.8 cm³/mol. The zero-order valence-corrected chi connectivity index (χ0v) is 11.3. The zero-order valence-electron chi connectivity index (χ0n) is 11.3. The van der Waals surface area contributed by atoms with Crippen LogP contribution < -0.4 is 20.5 Å². The largest absolute Gasteiger partial charge is 0.586 e. The summed E-state index contributed by atoms with van der Waals surface area (Å²) >= 11 is 0. The van der Waals surface area contributed by atoms with Gasteiger partial charge in [-0.05, 0) is 26.0 Å². The zero-order chi connectivity index (χ0) is 15.2. The summed E-state index contributed by atoms with van der Waals surface area (Å²) in [5.41, 5.74) is 6.96. The summed E-state index contributed by atoms with van der Waals surface area (Å²) in [6.45, 7) is 3.47. The molecule has 1 aliphatic rings. The second-order valence-corrected chi connectivity index (χ2v) is 4.58. The maximum absolute atomic E-state index is 13.0. The molecule has 1 aromatic heterocycles. The van der Waals surface area contributed by atoms with Gasteiger partial charge in [-0.2, -0.15) is 0 Å². The molecule has 0 bridgehead atoms. The van der Waals surface area contributed by atoms with Crippen LogP contribution in [-0.4, -0.2) is 16.3 Å². The molecule has 8 heteroatoms. The van der Waals surface area contributed by atoms with Gasteiger partial charge in [0, 0.05) is 17.3 Å². The molecule has 2 aromatic rings. The van der Waals surface area contributed by atoms with E-state index in [4.69, 9.17) is 5.73 Å². The molecule has 0 spiro atoms. The number of hydrogen-bond acceptors (Lipinski definition) is 6. The minimum atomic E-state index is -3.63. The smallest absolute Gasteiger partial charge is 0.395 e. The quantitative estimate of drug-likeness (QED) is 0.886. The molecule has 110 valence electrons. The van der Waals surface area contributed by atoms with Crippen LogP contribution in [0.25, 0.3) is 0 Å². The van der Waals surface area contributed by atoms with Crippen molar-refractivity contribution in [2.24, 2.45) is 0 Å². The van der Waals surface area contributed by atoms with Crippen LogP contribution >= 0.6 is 0 Å². The van der Waals surface area contributed by atoms with Gasteiger partial charge in [-0.3, -0.25) is 0 Å². The third-order valence-electron chi connectivity index (χ3n) is 2.96. The number of alkyl halides is 2. The van der Waals surface area contributed by atoms with Crippen molar-refractivity contribution < 1.29 is 18.3 Å². The van der Waals surface area contributed by atoms with Crippen molar-refractivity contribution in [2.75, 3.05) is 11.1 Å². The molecule has 21 heavy (non-hydrogen) atoms. The number of hydrogen-bond donors (Lipinski definition) is 2. The van der Waals surface area contributed by atoms with Gasteiger partial charge in [0.25, 0.3) is 0 Å². The number of nitrogens with two attached hydrogens (primary N) is 1. The van der Waals surface area contributed by atoms with Crippen molar-refractivity contribution >= 4 is 17.3 Å². The third kappa shape index (κ3) is 2.51. The minimum Gasteiger partial charge on any atom is -0.395 e. The normalized spacial score (nSPS) is 15.0. The monoisotopic (exact) mass is 294 g/mol. The number of benzene rings is 1. The minimum absolute atomic E-state index is 0.0133. The molecule has 6 nitrogen and oxygen atoms in total.